The summed E-state index contributed by atoms with van der Waals surface area (Å²) in [6.07, 6.45) is 0. The molecule has 146 valence electrons. The molecular weight excluding hydrogens is 354 g/mol. The normalized spacial score (nSPS) is 10.9. The number of amides is 1. The zero-order valence-electron chi connectivity index (χ0n) is 16.7. The number of rotatable bonds is 6. The molecule has 2 aromatic carbocycles. The van der Waals surface area contributed by atoms with E-state index < -0.39 is 0 Å². The predicted octanol–water partition coefficient (Wildman–Crippen LogP) is 3.04. The topological polar surface area (TPSA) is 73.2 Å². The van der Waals surface area contributed by atoms with Crippen LogP contribution in [0, 0.1) is 20.8 Å². The van der Waals surface area contributed by atoms with E-state index in [-0.39, 0.29) is 18.0 Å². The molecule has 1 heterocycles. The van der Waals surface area contributed by atoms with Crippen molar-refractivity contribution >= 4 is 16.9 Å². The maximum absolute atomic E-state index is 12.6. The van der Waals surface area contributed by atoms with Crippen LogP contribution >= 0.6 is 0 Å². The minimum atomic E-state index is -0.244. The molecular formula is C22H25N3O3. The molecule has 1 N–H and O–H groups in total. The van der Waals surface area contributed by atoms with Crippen molar-refractivity contribution in [3.8, 4) is 5.75 Å². The average molecular weight is 379 g/mol. The van der Waals surface area contributed by atoms with E-state index >= 15 is 0 Å². The van der Waals surface area contributed by atoms with Gasteiger partial charge in [-0.3, -0.25) is 14.2 Å². The van der Waals surface area contributed by atoms with Crippen LogP contribution in [0.25, 0.3) is 11.0 Å². The van der Waals surface area contributed by atoms with E-state index in [1.54, 1.807) is 6.92 Å². The standard InChI is InChI=1S/C22H25N3O3/c1-5-28-18-8-6-17(7-9-18)12-23-21(26)13-25-20-11-15(3)14(2)10-19(20)24-16(4)22(25)27/h6-11H,5,12-13H2,1-4H3,(H,23,26). The molecule has 0 atom stereocenters. The Morgan fingerprint density at radius 2 is 1.79 bits per heavy atom. The smallest absolute Gasteiger partial charge is 0.272 e. The van der Waals surface area contributed by atoms with Gasteiger partial charge in [0.15, 0.2) is 0 Å². The third-order valence-corrected chi connectivity index (χ3v) is 4.75. The number of hydrogen-bond acceptors (Lipinski definition) is 4. The van der Waals surface area contributed by atoms with Gasteiger partial charge in [-0.2, -0.15) is 0 Å². The fourth-order valence-corrected chi connectivity index (χ4v) is 3.05. The second kappa shape index (κ2) is 8.25. The lowest BCUT2D eigenvalue weighted by molar-refractivity contribution is -0.121. The van der Waals surface area contributed by atoms with Crippen LogP contribution in [0.15, 0.2) is 41.2 Å². The molecule has 3 rings (SSSR count). The lowest BCUT2D eigenvalue weighted by atomic mass is 10.1. The molecule has 6 nitrogen and oxygen atoms in total. The summed E-state index contributed by atoms with van der Waals surface area (Å²) < 4.78 is 6.92. The fraction of sp³-hybridized carbons (Fsp3) is 0.318. The van der Waals surface area contributed by atoms with Crippen molar-refractivity contribution < 1.29 is 9.53 Å². The molecule has 0 saturated heterocycles. The van der Waals surface area contributed by atoms with Crippen LogP contribution in [-0.4, -0.2) is 22.1 Å². The minimum absolute atomic E-state index is 0.0434. The molecule has 28 heavy (non-hydrogen) atoms. The zero-order valence-corrected chi connectivity index (χ0v) is 16.7. The molecule has 0 saturated carbocycles. The summed E-state index contributed by atoms with van der Waals surface area (Å²) >= 11 is 0. The van der Waals surface area contributed by atoms with E-state index in [0.717, 1.165) is 28.0 Å². The van der Waals surface area contributed by atoms with E-state index in [0.29, 0.717) is 24.4 Å². The van der Waals surface area contributed by atoms with Crippen LogP contribution in [-0.2, 0) is 17.9 Å². The molecule has 0 spiro atoms. The van der Waals surface area contributed by atoms with E-state index in [1.807, 2.05) is 57.2 Å². The Kier molecular flexibility index (Phi) is 5.78. The maximum atomic E-state index is 12.6. The van der Waals surface area contributed by atoms with Crippen LogP contribution in [0.1, 0.15) is 29.3 Å². The first kappa shape index (κ1) is 19.6. The Labute approximate surface area is 164 Å². The monoisotopic (exact) mass is 379 g/mol. The first-order valence-electron chi connectivity index (χ1n) is 9.36. The Morgan fingerprint density at radius 1 is 1.11 bits per heavy atom. The van der Waals surface area contributed by atoms with Gasteiger partial charge in [0.2, 0.25) is 5.91 Å². The Bertz CT molecular complexity index is 1070. The Balaban J connectivity index is 1.78. The third kappa shape index (κ3) is 4.22. The van der Waals surface area contributed by atoms with Crippen LogP contribution in [0.5, 0.6) is 5.75 Å². The Hall–Kier alpha value is -3.15. The second-order valence-electron chi connectivity index (χ2n) is 6.87. The lowest BCUT2D eigenvalue weighted by Crippen LogP contribution is -2.33. The van der Waals surface area contributed by atoms with Crippen molar-refractivity contribution in [2.24, 2.45) is 0 Å². The number of aryl methyl sites for hydroxylation is 3. The van der Waals surface area contributed by atoms with Crippen molar-refractivity contribution in [3.05, 3.63) is 69.1 Å². The van der Waals surface area contributed by atoms with Gasteiger partial charge in [0.25, 0.3) is 5.56 Å². The van der Waals surface area contributed by atoms with Gasteiger partial charge < -0.3 is 10.1 Å². The molecule has 1 aromatic heterocycles. The second-order valence-corrected chi connectivity index (χ2v) is 6.87. The van der Waals surface area contributed by atoms with E-state index in [4.69, 9.17) is 4.74 Å². The van der Waals surface area contributed by atoms with Crippen LogP contribution in [0.4, 0.5) is 0 Å². The molecule has 0 fully saturated rings. The molecule has 0 bridgehead atoms. The summed E-state index contributed by atoms with van der Waals surface area (Å²) in [4.78, 5) is 29.5. The van der Waals surface area contributed by atoms with Gasteiger partial charge in [-0.1, -0.05) is 12.1 Å². The summed E-state index contributed by atoms with van der Waals surface area (Å²) in [6, 6.07) is 11.4. The summed E-state index contributed by atoms with van der Waals surface area (Å²) in [5, 5.41) is 2.88. The van der Waals surface area contributed by atoms with Gasteiger partial charge in [0.1, 0.15) is 18.0 Å². The largest absolute Gasteiger partial charge is 0.494 e. The first-order valence-corrected chi connectivity index (χ1v) is 9.36. The third-order valence-electron chi connectivity index (χ3n) is 4.75. The van der Waals surface area contributed by atoms with Crippen molar-refractivity contribution in [1.82, 2.24) is 14.9 Å². The number of carbonyl (C=O) groups excluding carboxylic acids is 1. The van der Waals surface area contributed by atoms with Gasteiger partial charge in [-0.25, -0.2) is 4.98 Å². The zero-order chi connectivity index (χ0) is 20.3. The highest BCUT2D eigenvalue weighted by molar-refractivity contribution is 5.81. The van der Waals surface area contributed by atoms with Crippen molar-refractivity contribution in [1.29, 1.82) is 0 Å². The number of benzene rings is 2. The van der Waals surface area contributed by atoms with Crippen molar-refractivity contribution in [2.45, 2.75) is 40.8 Å². The van der Waals surface area contributed by atoms with Crippen molar-refractivity contribution in [3.63, 3.8) is 0 Å². The van der Waals surface area contributed by atoms with Gasteiger partial charge >= 0.3 is 0 Å². The van der Waals surface area contributed by atoms with Crippen LogP contribution in [0.2, 0.25) is 0 Å². The number of hydrogen-bond donors (Lipinski definition) is 1. The number of fused-ring (bicyclic) bond motifs is 1. The summed E-state index contributed by atoms with van der Waals surface area (Å²) in [5.41, 5.74) is 4.66. The SMILES string of the molecule is CCOc1ccc(CNC(=O)Cn2c(=O)c(C)nc3cc(C)c(C)cc32)cc1. The molecule has 3 aromatic rings. The highest BCUT2D eigenvalue weighted by Gasteiger charge is 2.13. The molecule has 0 unspecified atom stereocenters. The fourth-order valence-electron chi connectivity index (χ4n) is 3.05. The summed E-state index contributed by atoms with van der Waals surface area (Å²) in [7, 11) is 0. The summed E-state index contributed by atoms with van der Waals surface area (Å²) in [5.74, 6) is 0.578. The van der Waals surface area contributed by atoms with Gasteiger partial charge in [0, 0.05) is 6.54 Å². The number of nitrogens with one attached hydrogen (secondary N) is 1. The number of ether oxygens (including phenoxy) is 1. The number of carbonyl (C=O) groups is 1. The van der Waals surface area contributed by atoms with E-state index in [2.05, 4.69) is 10.3 Å². The first-order chi connectivity index (χ1) is 13.4. The van der Waals surface area contributed by atoms with Gasteiger partial charge in [-0.15, -0.1) is 0 Å². The molecule has 0 aliphatic carbocycles. The quantitative estimate of drug-likeness (QED) is 0.714. The van der Waals surface area contributed by atoms with Crippen LogP contribution in [0.3, 0.4) is 0 Å². The lowest BCUT2D eigenvalue weighted by Gasteiger charge is -2.13. The molecule has 0 aliphatic rings. The maximum Gasteiger partial charge on any atom is 0.272 e. The van der Waals surface area contributed by atoms with Crippen LogP contribution < -0.4 is 15.6 Å². The Morgan fingerprint density at radius 3 is 2.46 bits per heavy atom. The average Bonchev–Trinajstić information content (AvgIpc) is 2.67. The predicted molar refractivity (Wildman–Crippen MR) is 110 cm³/mol. The molecule has 0 aliphatic heterocycles. The van der Waals surface area contributed by atoms with E-state index in [9.17, 15) is 9.59 Å². The molecule has 0 radical (unpaired) electrons. The van der Waals surface area contributed by atoms with Crippen molar-refractivity contribution in [2.75, 3.05) is 6.61 Å². The minimum Gasteiger partial charge on any atom is -0.494 e. The molecule has 1 amide bonds. The highest BCUT2D eigenvalue weighted by Crippen LogP contribution is 2.17. The summed E-state index contributed by atoms with van der Waals surface area (Å²) in [6.45, 7) is 8.55. The number of nitrogens with zero attached hydrogens (tertiary/aromatic N) is 2. The van der Waals surface area contributed by atoms with Gasteiger partial charge in [0.05, 0.1) is 17.6 Å². The molecule has 6 heteroatoms. The highest BCUT2D eigenvalue weighted by atomic mass is 16.5. The van der Waals surface area contributed by atoms with Gasteiger partial charge in [-0.05, 0) is 68.7 Å². The number of aromatic nitrogens is 2. The van der Waals surface area contributed by atoms with E-state index in [1.165, 1.54) is 4.57 Å².